The van der Waals surface area contributed by atoms with Gasteiger partial charge in [-0.3, -0.25) is 4.57 Å². The van der Waals surface area contributed by atoms with Crippen LogP contribution in [0.4, 0.5) is 27.8 Å². The molecule has 38 heavy (non-hydrogen) atoms. The Labute approximate surface area is 217 Å². The summed E-state index contributed by atoms with van der Waals surface area (Å²) < 4.78 is 87.2. The molecule has 0 aliphatic carbocycles. The average molecular weight is 556 g/mol. The van der Waals surface area contributed by atoms with E-state index in [4.69, 9.17) is 25.8 Å². The van der Waals surface area contributed by atoms with Crippen LogP contribution in [0.15, 0.2) is 41.3 Å². The molecule has 200 valence electrons. The number of hydrogen-bond donors (Lipinski definition) is 0. The highest BCUT2D eigenvalue weighted by Crippen LogP contribution is 2.48. The zero-order valence-corrected chi connectivity index (χ0v) is 20.3. The van der Waals surface area contributed by atoms with Gasteiger partial charge in [-0.15, -0.1) is 0 Å². The molecule has 2 bridgehead atoms. The highest BCUT2D eigenvalue weighted by atomic mass is 35.5. The second kappa shape index (κ2) is 8.84. The van der Waals surface area contributed by atoms with Crippen molar-refractivity contribution in [1.29, 1.82) is 0 Å². The van der Waals surface area contributed by atoms with Crippen molar-refractivity contribution in [2.24, 2.45) is 0 Å². The first-order valence-corrected chi connectivity index (χ1v) is 12.1. The smallest absolute Gasteiger partial charge is 0.417 e. The minimum absolute atomic E-state index is 0.0567. The molecule has 6 rings (SSSR count). The summed E-state index contributed by atoms with van der Waals surface area (Å²) in [4.78, 5) is 18.4. The zero-order valence-electron chi connectivity index (χ0n) is 19.5. The Bertz CT molecular complexity index is 1470. The number of fused-ring (bicyclic) bond motifs is 3. The lowest BCUT2D eigenvalue weighted by molar-refractivity contribution is -0.137. The van der Waals surface area contributed by atoms with E-state index in [0.717, 1.165) is 37.1 Å². The minimum Gasteiger partial charge on any atom is -0.483 e. The molecule has 3 aromatic rings. The number of aromatic nitrogens is 2. The fourth-order valence-corrected chi connectivity index (χ4v) is 5.59. The van der Waals surface area contributed by atoms with Gasteiger partial charge in [0, 0.05) is 19.5 Å². The van der Waals surface area contributed by atoms with Gasteiger partial charge in [0.05, 0.1) is 35.0 Å². The van der Waals surface area contributed by atoms with E-state index in [-0.39, 0.29) is 23.8 Å². The second-order valence-corrected chi connectivity index (χ2v) is 9.93. The largest absolute Gasteiger partial charge is 0.483 e. The summed E-state index contributed by atoms with van der Waals surface area (Å²) >= 11 is 5.58. The van der Waals surface area contributed by atoms with E-state index in [9.17, 15) is 26.7 Å². The Kier molecular flexibility index (Phi) is 5.80. The highest BCUT2D eigenvalue weighted by Gasteiger charge is 2.55. The number of morpholine rings is 1. The molecule has 2 saturated heterocycles. The fourth-order valence-electron chi connectivity index (χ4n) is 5.36. The Balaban J connectivity index is 1.24. The van der Waals surface area contributed by atoms with Crippen LogP contribution in [0.25, 0.3) is 0 Å². The molecule has 0 radical (unpaired) electrons. The van der Waals surface area contributed by atoms with Gasteiger partial charge in [-0.05, 0) is 42.3 Å². The molecule has 2 atom stereocenters. The maximum atomic E-state index is 14.8. The van der Waals surface area contributed by atoms with Gasteiger partial charge >= 0.3 is 11.9 Å². The summed E-state index contributed by atoms with van der Waals surface area (Å²) in [5.41, 5.74) is -1.73. The SMILES string of the molecule is O=c1ncc(OCc2cc(F)c(Oc3ccc(Cl)c(C(F)(F)F)c3)c(F)c2)c2n1CCC13COC(CN21)C3. The number of alkyl halides is 3. The third-order valence-corrected chi connectivity index (χ3v) is 7.45. The molecule has 13 heteroatoms. The molecule has 3 aliphatic heterocycles. The molecule has 1 aromatic heterocycles. The van der Waals surface area contributed by atoms with Gasteiger partial charge in [-0.1, -0.05) is 11.6 Å². The first kappa shape index (κ1) is 24.9. The second-order valence-electron chi connectivity index (χ2n) is 9.52. The highest BCUT2D eigenvalue weighted by molar-refractivity contribution is 6.31. The zero-order chi connectivity index (χ0) is 26.8. The molecule has 3 aliphatic rings. The van der Waals surface area contributed by atoms with Gasteiger partial charge in [0.15, 0.2) is 29.0 Å². The van der Waals surface area contributed by atoms with Gasteiger partial charge in [0.25, 0.3) is 0 Å². The molecular formula is C25H19ClF5N3O4. The lowest BCUT2D eigenvalue weighted by Crippen LogP contribution is -2.54. The molecule has 2 unspecified atom stereocenters. The minimum atomic E-state index is -4.77. The van der Waals surface area contributed by atoms with Crippen molar-refractivity contribution in [2.75, 3.05) is 18.1 Å². The van der Waals surface area contributed by atoms with E-state index >= 15 is 0 Å². The summed E-state index contributed by atoms with van der Waals surface area (Å²) in [5.74, 6) is -2.73. The van der Waals surface area contributed by atoms with Crippen LogP contribution in [0.2, 0.25) is 5.02 Å². The molecule has 0 saturated carbocycles. The van der Waals surface area contributed by atoms with Crippen LogP contribution in [-0.4, -0.2) is 34.3 Å². The van der Waals surface area contributed by atoms with Crippen LogP contribution in [-0.2, 0) is 24.1 Å². The third kappa shape index (κ3) is 4.15. The van der Waals surface area contributed by atoms with E-state index in [0.29, 0.717) is 37.3 Å². The monoisotopic (exact) mass is 555 g/mol. The third-order valence-electron chi connectivity index (χ3n) is 7.13. The van der Waals surface area contributed by atoms with Crippen molar-refractivity contribution >= 4 is 17.4 Å². The summed E-state index contributed by atoms with van der Waals surface area (Å²) in [6, 6.07) is 4.49. The topological polar surface area (TPSA) is 65.8 Å². The lowest BCUT2D eigenvalue weighted by atomic mass is 9.92. The Hall–Kier alpha value is -3.38. The Morgan fingerprint density at radius 2 is 1.95 bits per heavy atom. The van der Waals surface area contributed by atoms with E-state index in [1.165, 1.54) is 10.8 Å². The van der Waals surface area contributed by atoms with Crippen molar-refractivity contribution < 1.29 is 36.2 Å². The molecule has 2 aromatic carbocycles. The molecule has 0 amide bonds. The van der Waals surface area contributed by atoms with Crippen LogP contribution in [0.3, 0.4) is 0 Å². The number of benzene rings is 2. The average Bonchev–Trinajstić information content (AvgIpc) is 3.44. The molecule has 2 fully saturated rings. The van der Waals surface area contributed by atoms with Gasteiger partial charge < -0.3 is 19.1 Å². The first-order valence-electron chi connectivity index (χ1n) is 11.7. The summed E-state index contributed by atoms with van der Waals surface area (Å²) in [5, 5.41) is -0.571. The van der Waals surface area contributed by atoms with Gasteiger partial charge in [0.1, 0.15) is 12.4 Å². The maximum Gasteiger partial charge on any atom is 0.417 e. The summed E-state index contributed by atoms with van der Waals surface area (Å²) in [7, 11) is 0. The van der Waals surface area contributed by atoms with Crippen molar-refractivity contribution in [3.05, 3.63) is 74.8 Å². The molecular weight excluding hydrogens is 537 g/mol. The Morgan fingerprint density at radius 3 is 2.66 bits per heavy atom. The summed E-state index contributed by atoms with van der Waals surface area (Å²) in [6.07, 6.45) is -1.84. The van der Waals surface area contributed by atoms with Crippen LogP contribution in [0, 0.1) is 11.6 Å². The number of anilines is 1. The Morgan fingerprint density at radius 1 is 1.18 bits per heavy atom. The number of rotatable bonds is 5. The molecule has 4 heterocycles. The van der Waals surface area contributed by atoms with E-state index in [1.54, 1.807) is 0 Å². The predicted molar refractivity (Wildman–Crippen MR) is 125 cm³/mol. The van der Waals surface area contributed by atoms with Crippen LogP contribution in [0.5, 0.6) is 17.2 Å². The standard InChI is InChI=1S/C25H19ClF5N3O4/c26-17-2-1-14(7-16(17)25(29,30)31)38-21-18(27)5-13(6-19(21)28)11-36-20-9-32-23(35)33-4-3-24-8-15(37-12-24)10-34(24)22(20)33/h1-2,5-7,9,15H,3-4,8,10-12H2. The van der Waals surface area contributed by atoms with E-state index < -0.39 is 45.6 Å². The maximum absolute atomic E-state index is 14.8. The van der Waals surface area contributed by atoms with Crippen LogP contribution in [0.1, 0.15) is 24.0 Å². The van der Waals surface area contributed by atoms with Crippen molar-refractivity contribution in [3.63, 3.8) is 0 Å². The predicted octanol–water partition coefficient (Wildman–Crippen LogP) is 5.32. The van der Waals surface area contributed by atoms with E-state index in [1.807, 2.05) is 0 Å². The van der Waals surface area contributed by atoms with Crippen LogP contribution < -0.4 is 20.1 Å². The van der Waals surface area contributed by atoms with Crippen molar-refractivity contribution in [1.82, 2.24) is 9.55 Å². The number of halogens is 6. The van der Waals surface area contributed by atoms with Gasteiger partial charge in [-0.2, -0.15) is 18.2 Å². The molecule has 7 nitrogen and oxygen atoms in total. The number of hydrogen-bond acceptors (Lipinski definition) is 6. The van der Waals surface area contributed by atoms with Crippen molar-refractivity contribution in [3.8, 4) is 17.2 Å². The fraction of sp³-hybridized carbons (Fsp3) is 0.360. The summed E-state index contributed by atoms with van der Waals surface area (Å²) in [6.45, 7) is 1.32. The lowest BCUT2D eigenvalue weighted by Gasteiger charge is -2.44. The normalized spacial score (nSPS) is 21.8. The van der Waals surface area contributed by atoms with E-state index in [2.05, 4.69) is 9.88 Å². The number of ether oxygens (including phenoxy) is 3. The molecule has 1 spiro atoms. The molecule has 0 N–H and O–H groups in total. The van der Waals surface area contributed by atoms with Crippen molar-refractivity contribution in [2.45, 2.75) is 43.8 Å². The first-order chi connectivity index (χ1) is 18.0. The van der Waals surface area contributed by atoms with Gasteiger partial charge in [0.2, 0.25) is 0 Å². The quantitative estimate of drug-likeness (QED) is 0.397. The number of nitrogens with zero attached hydrogens (tertiary/aromatic N) is 3. The van der Waals surface area contributed by atoms with Crippen LogP contribution >= 0.6 is 11.6 Å². The van der Waals surface area contributed by atoms with Gasteiger partial charge in [-0.25, -0.2) is 13.6 Å².